The molecule has 1 N–H and O–H groups in total. The van der Waals surface area contributed by atoms with Gasteiger partial charge in [-0.3, -0.25) is 0 Å². The number of hydrogen-bond donors (Lipinski definition) is 1. The molecule has 15 heavy (non-hydrogen) atoms. The van der Waals surface area contributed by atoms with Gasteiger partial charge in [0.1, 0.15) is 0 Å². The predicted octanol–water partition coefficient (Wildman–Crippen LogP) is 2.70. The van der Waals surface area contributed by atoms with E-state index in [2.05, 4.69) is 20.8 Å². The number of fused-ring (bicyclic) bond motifs is 1. The predicted molar refractivity (Wildman–Crippen MR) is 58.3 cm³/mol. The van der Waals surface area contributed by atoms with Gasteiger partial charge in [-0.25, -0.2) is 0 Å². The first-order valence-corrected chi connectivity index (χ1v) is 6.16. The van der Waals surface area contributed by atoms with E-state index in [1.807, 2.05) is 0 Å². The van der Waals surface area contributed by atoms with Crippen LogP contribution in [0.1, 0.15) is 52.9 Å². The molecule has 5 atom stereocenters. The van der Waals surface area contributed by atoms with Gasteiger partial charge in [0, 0.05) is 5.41 Å². The maximum Gasteiger partial charge on any atom is 0.160 e. The minimum Gasteiger partial charge on any atom is -0.367 e. The molecule has 4 rings (SSSR count). The van der Waals surface area contributed by atoms with Gasteiger partial charge in [-0.05, 0) is 42.9 Å². The fourth-order valence-electron chi connectivity index (χ4n) is 5.25. The van der Waals surface area contributed by atoms with Crippen molar-refractivity contribution in [3.63, 3.8) is 0 Å². The molecule has 2 saturated carbocycles. The molecular formula is C13H22O2. The van der Waals surface area contributed by atoms with Crippen molar-refractivity contribution >= 4 is 0 Å². The van der Waals surface area contributed by atoms with Crippen LogP contribution in [0.5, 0.6) is 0 Å². The summed E-state index contributed by atoms with van der Waals surface area (Å²) >= 11 is 0. The average Bonchev–Trinajstić information content (AvgIpc) is 2.05. The Balaban J connectivity index is 2.07. The molecular weight excluding hydrogens is 188 g/mol. The van der Waals surface area contributed by atoms with Gasteiger partial charge in [0.15, 0.2) is 6.29 Å². The van der Waals surface area contributed by atoms with Crippen molar-refractivity contribution in [2.75, 3.05) is 0 Å². The molecule has 0 spiro atoms. The number of aliphatic hydroxyl groups is 1. The topological polar surface area (TPSA) is 29.5 Å². The monoisotopic (exact) mass is 210 g/mol. The maximum absolute atomic E-state index is 10.2. The SMILES string of the molecule is CC12CC3C[C@](C)(C1)CC(C)(C2)[C@@H](O)O3. The summed E-state index contributed by atoms with van der Waals surface area (Å²) in [5, 5.41) is 10.2. The van der Waals surface area contributed by atoms with Gasteiger partial charge in [-0.1, -0.05) is 20.8 Å². The third kappa shape index (κ3) is 1.38. The molecule has 4 bridgehead atoms. The molecule has 0 amide bonds. The molecule has 2 heterocycles. The van der Waals surface area contributed by atoms with Crippen molar-refractivity contribution in [2.45, 2.75) is 65.3 Å². The van der Waals surface area contributed by atoms with E-state index >= 15 is 0 Å². The van der Waals surface area contributed by atoms with Gasteiger partial charge in [0.05, 0.1) is 6.10 Å². The zero-order valence-corrected chi connectivity index (χ0v) is 10.0. The Morgan fingerprint density at radius 2 is 1.53 bits per heavy atom. The Hall–Kier alpha value is -0.0800. The van der Waals surface area contributed by atoms with E-state index in [4.69, 9.17) is 4.74 Å². The zero-order chi connectivity index (χ0) is 10.9. The Morgan fingerprint density at radius 3 is 2.07 bits per heavy atom. The molecule has 3 unspecified atom stereocenters. The fraction of sp³-hybridized carbons (Fsp3) is 1.00. The van der Waals surface area contributed by atoms with Crippen molar-refractivity contribution in [3.8, 4) is 0 Å². The van der Waals surface area contributed by atoms with Crippen LogP contribution in [0.15, 0.2) is 0 Å². The molecule has 2 aliphatic heterocycles. The molecule has 2 nitrogen and oxygen atoms in total. The fourth-order valence-corrected chi connectivity index (χ4v) is 5.25. The third-order valence-electron chi connectivity index (χ3n) is 4.87. The highest BCUT2D eigenvalue weighted by atomic mass is 16.6. The van der Waals surface area contributed by atoms with Gasteiger partial charge in [-0.2, -0.15) is 0 Å². The van der Waals surface area contributed by atoms with Crippen LogP contribution in [0.2, 0.25) is 0 Å². The number of aliphatic hydroxyl groups excluding tert-OH is 1. The molecule has 2 aliphatic carbocycles. The van der Waals surface area contributed by atoms with Crippen LogP contribution < -0.4 is 0 Å². The summed E-state index contributed by atoms with van der Waals surface area (Å²) in [6, 6.07) is 0. The van der Waals surface area contributed by atoms with Gasteiger partial charge in [0.2, 0.25) is 0 Å². The smallest absolute Gasteiger partial charge is 0.160 e. The van der Waals surface area contributed by atoms with Crippen LogP contribution in [0.25, 0.3) is 0 Å². The first-order valence-electron chi connectivity index (χ1n) is 6.16. The summed E-state index contributed by atoms with van der Waals surface area (Å²) in [4.78, 5) is 0. The van der Waals surface area contributed by atoms with Crippen LogP contribution in [0.4, 0.5) is 0 Å². The Bertz CT molecular complexity index is 281. The van der Waals surface area contributed by atoms with Crippen LogP contribution in [0.3, 0.4) is 0 Å². The minimum atomic E-state index is -0.536. The molecule has 0 aromatic rings. The molecule has 2 heteroatoms. The van der Waals surface area contributed by atoms with Gasteiger partial charge in [-0.15, -0.1) is 0 Å². The first kappa shape index (κ1) is 10.1. The summed E-state index contributed by atoms with van der Waals surface area (Å²) in [6.45, 7) is 6.98. The summed E-state index contributed by atoms with van der Waals surface area (Å²) in [6.07, 6.45) is 5.65. The van der Waals surface area contributed by atoms with E-state index in [0.29, 0.717) is 16.9 Å². The molecule has 0 radical (unpaired) electrons. The van der Waals surface area contributed by atoms with Crippen molar-refractivity contribution in [3.05, 3.63) is 0 Å². The zero-order valence-electron chi connectivity index (χ0n) is 10.0. The van der Waals surface area contributed by atoms with Crippen molar-refractivity contribution in [2.24, 2.45) is 16.2 Å². The minimum absolute atomic E-state index is 0.00694. The average molecular weight is 210 g/mol. The molecule has 4 aliphatic rings. The number of hydrogen-bond acceptors (Lipinski definition) is 2. The lowest BCUT2D eigenvalue weighted by Crippen LogP contribution is -2.47. The largest absolute Gasteiger partial charge is 0.367 e. The van der Waals surface area contributed by atoms with Crippen LogP contribution in [-0.4, -0.2) is 17.5 Å². The van der Waals surface area contributed by atoms with Crippen LogP contribution >= 0.6 is 0 Å². The van der Waals surface area contributed by atoms with Crippen LogP contribution in [0, 0.1) is 16.2 Å². The van der Waals surface area contributed by atoms with Gasteiger partial charge in [0.25, 0.3) is 0 Å². The second-order valence-corrected chi connectivity index (χ2v) is 7.32. The highest BCUT2D eigenvalue weighted by Gasteiger charge is 2.59. The summed E-state index contributed by atoms with van der Waals surface area (Å²) < 4.78 is 5.82. The van der Waals surface area contributed by atoms with E-state index in [0.717, 1.165) is 25.7 Å². The molecule has 2 saturated heterocycles. The van der Waals surface area contributed by atoms with Crippen LogP contribution in [-0.2, 0) is 4.74 Å². The Morgan fingerprint density at radius 1 is 1.00 bits per heavy atom. The van der Waals surface area contributed by atoms with Crippen molar-refractivity contribution in [1.82, 2.24) is 0 Å². The van der Waals surface area contributed by atoms with E-state index in [1.54, 1.807) is 0 Å². The molecule has 0 aromatic carbocycles. The lowest BCUT2D eigenvalue weighted by molar-refractivity contribution is -0.180. The molecule has 4 fully saturated rings. The molecule has 0 aromatic heterocycles. The summed E-state index contributed by atoms with van der Waals surface area (Å²) in [5.74, 6) is 0. The van der Waals surface area contributed by atoms with Gasteiger partial charge < -0.3 is 9.84 Å². The molecule has 86 valence electrons. The van der Waals surface area contributed by atoms with E-state index < -0.39 is 6.29 Å². The normalized spacial score (nSPS) is 63.2. The summed E-state index contributed by atoms with van der Waals surface area (Å²) in [7, 11) is 0. The van der Waals surface area contributed by atoms with Gasteiger partial charge >= 0.3 is 0 Å². The number of ether oxygens (including phenoxy) is 1. The third-order valence-corrected chi connectivity index (χ3v) is 4.87. The second-order valence-electron chi connectivity index (χ2n) is 7.32. The van der Waals surface area contributed by atoms with E-state index in [9.17, 15) is 5.11 Å². The second kappa shape index (κ2) is 2.60. The maximum atomic E-state index is 10.2. The van der Waals surface area contributed by atoms with Crippen molar-refractivity contribution < 1.29 is 9.84 Å². The lowest BCUT2D eigenvalue weighted by atomic mass is 9.49. The number of rotatable bonds is 0. The van der Waals surface area contributed by atoms with E-state index in [-0.39, 0.29) is 5.41 Å². The standard InChI is InChI=1S/C13H22O2/c1-11-4-9-5-12(2,6-11)8-13(3,7-11)10(14)15-9/h9-10,14H,4-8H2,1-3H3/t9?,10-,11+,12?,13?/m0/s1. The Kier molecular flexibility index (Phi) is 1.75. The quantitative estimate of drug-likeness (QED) is 0.666. The Labute approximate surface area is 92.0 Å². The first-order chi connectivity index (χ1) is 6.83. The van der Waals surface area contributed by atoms with E-state index in [1.165, 1.54) is 6.42 Å². The highest BCUT2D eigenvalue weighted by molar-refractivity contribution is 5.07. The summed E-state index contributed by atoms with van der Waals surface area (Å²) in [5.41, 5.74) is 0.803. The van der Waals surface area contributed by atoms with Crippen molar-refractivity contribution in [1.29, 1.82) is 0 Å². The lowest BCUT2D eigenvalue weighted by Gasteiger charge is -2.54. The highest BCUT2D eigenvalue weighted by Crippen LogP contribution is 2.64.